The van der Waals surface area contributed by atoms with E-state index in [2.05, 4.69) is 0 Å². The molecule has 0 fully saturated rings. The minimum atomic E-state index is -2.33. The van der Waals surface area contributed by atoms with Crippen LogP contribution in [0.25, 0.3) is 0 Å². The second kappa shape index (κ2) is 15.7. The van der Waals surface area contributed by atoms with Crippen LogP contribution in [0.2, 0.25) is 0 Å². The van der Waals surface area contributed by atoms with Crippen LogP contribution in [0.5, 0.6) is 0 Å². The average molecular weight is 132 g/mol. The van der Waals surface area contributed by atoms with Gasteiger partial charge in [-0.1, -0.05) is 0 Å². The number of hydrogen-bond acceptors (Lipinski definition) is 3. The second-order valence-electron chi connectivity index (χ2n) is 0.250. The predicted molar refractivity (Wildman–Crippen MR) is 13.4 cm³/mol. The van der Waals surface area contributed by atoms with Crippen molar-refractivity contribution in [1.29, 1.82) is 0 Å². The normalized spacial score (nSPS) is 3.43. The Morgan fingerprint density at radius 1 is 1.43 bits per heavy atom. The third-order valence-corrected chi connectivity index (χ3v) is 0. The standard InChI is InChI=1S/CH2O3.Ca.Li.Na.2H/c2-1(3)4;;;;;/h(H2,2,3,4);;;;;/q;+2;2*+1;2*-1/p-2. The van der Waals surface area contributed by atoms with E-state index in [1.807, 2.05) is 0 Å². The Morgan fingerprint density at radius 2 is 1.43 bits per heavy atom. The molecule has 0 unspecified atom stereocenters. The summed E-state index contributed by atoms with van der Waals surface area (Å²) in [5.41, 5.74) is 0. The van der Waals surface area contributed by atoms with Crippen molar-refractivity contribution in [3.63, 3.8) is 0 Å². The minimum absolute atomic E-state index is 0. The molecule has 0 rings (SSSR count). The molecule has 0 heterocycles. The third-order valence-electron chi connectivity index (χ3n) is 0. The predicted octanol–water partition coefficient (Wildman–Crippen LogP) is -8.59. The van der Waals surface area contributed by atoms with Crippen LogP contribution in [0.3, 0.4) is 0 Å². The molecule has 0 spiro atoms. The summed E-state index contributed by atoms with van der Waals surface area (Å²) in [6, 6.07) is 0. The molecule has 0 saturated carbocycles. The van der Waals surface area contributed by atoms with Crippen molar-refractivity contribution < 1.29 is 66.3 Å². The summed E-state index contributed by atoms with van der Waals surface area (Å²) >= 11 is 0. The van der Waals surface area contributed by atoms with Gasteiger partial charge in [0, 0.05) is 0 Å². The number of hydrogen-bond donors (Lipinski definition) is 0. The molecule has 0 aromatic heterocycles. The SMILES string of the molecule is O=C([O-])[O-].[Ca+2].[H-].[H-].[Li+].[Na+]. The zero-order chi connectivity index (χ0) is 3.58. The summed E-state index contributed by atoms with van der Waals surface area (Å²) < 4.78 is 0. The Balaban J connectivity index is -0.00000000450. The third kappa shape index (κ3) is 67.4. The molecule has 28 valence electrons. The van der Waals surface area contributed by atoms with Crippen LogP contribution >= 0.6 is 0 Å². The number of rotatable bonds is 0. The van der Waals surface area contributed by atoms with Gasteiger partial charge in [0.25, 0.3) is 0 Å². The summed E-state index contributed by atoms with van der Waals surface area (Å²) in [6.45, 7) is 0. The molecule has 0 radical (unpaired) electrons. The largest absolute Gasteiger partial charge is 2.00 e. The van der Waals surface area contributed by atoms with E-state index >= 15 is 0 Å². The molecule has 0 aliphatic rings. The van der Waals surface area contributed by atoms with E-state index in [0.29, 0.717) is 0 Å². The van der Waals surface area contributed by atoms with Crippen LogP contribution < -0.4 is 58.6 Å². The van der Waals surface area contributed by atoms with E-state index in [0.717, 1.165) is 0 Å². The molecule has 0 N–H and O–H groups in total. The van der Waals surface area contributed by atoms with Crippen molar-refractivity contribution >= 4 is 43.9 Å². The van der Waals surface area contributed by atoms with E-state index < -0.39 is 6.16 Å². The summed E-state index contributed by atoms with van der Waals surface area (Å²) in [4.78, 5) is 8.33. The maximum atomic E-state index is 8.33. The summed E-state index contributed by atoms with van der Waals surface area (Å²) in [5.74, 6) is 0. The summed E-state index contributed by atoms with van der Waals surface area (Å²) in [7, 11) is 0. The van der Waals surface area contributed by atoms with Crippen molar-refractivity contribution in [2.75, 3.05) is 0 Å². The van der Waals surface area contributed by atoms with Gasteiger partial charge < -0.3 is 17.9 Å². The van der Waals surface area contributed by atoms with E-state index in [4.69, 9.17) is 15.0 Å². The smallest absolute Gasteiger partial charge is 1.00 e. The van der Waals surface area contributed by atoms with Gasteiger partial charge in [-0.25, -0.2) is 0 Å². The summed E-state index contributed by atoms with van der Waals surface area (Å²) in [5, 5.41) is 16.7. The fourth-order valence-electron chi connectivity index (χ4n) is 0. The maximum Gasteiger partial charge on any atom is 2.00 e. The summed E-state index contributed by atoms with van der Waals surface area (Å²) in [6.07, 6.45) is -2.33. The molecule has 0 aromatic carbocycles. The Kier molecular flexibility index (Phi) is 51.4. The van der Waals surface area contributed by atoms with Crippen LogP contribution in [0.15, 0.2) is 0 Å². The van der Waals surface area contributed by atoms with Gasteiger partial charge in [-0.15, -0.1) is 0 Å². The maximum absolute atomic E-state index is 8.33. The van der Waals surface area contributed by atoms with Crippen molar-refractivity contribution in [2.45, 2.75) is 0 Å². The molecule has 0 aliphatic carbocycles. The first-order chi connectivity index (χ1) is 1.73. The first-order valence-corrected chi connectivity index (χ1v) is 0.612. The van der Waals surface area contributed by atoms with Gasteiger partial charge in [0.1, 0.15) is 0 Å². The van der Waals surface area contributed by atoms with E-state index in [9.17, 15) is 0 Å². The molecular formula is CH2CaLiNaO3. The van der Waals surface area contributed by atoms with E-state index in [1.54, 1.807) is 0 Å². The van der Waals surface area contributed by atoms with Crippen molar-refractivity contribution in [1.82, 2.24) is 0 Å². The van der Waals surface area contributed by atoms with Crippen LogP contribution in [0.1, 0.15) is 2.85 Å². The molecule has 0 aliphatic heterocycles. The van der Waals surface area contributed by atoms with Gasteiger partial charge in [0.15, 0.2) is 0 Å². The van der Waals surface area contributed by atoms with Gasteiger partial charge in [-0.2, -0.15) is 0 Å². The number of carbonyl (C=O) groups excluding carboxylic acids is 1. The topological polar surface area (TPSA) is 63.2 Å². The molecule has 0 aromatic rings. The molecule has 0 amide bonds. The van der Waals surface area contributed by atoms with E-state index in [1.165, 1.54) is 0 Å². The molecular weight excluding hydrogens is 130 g/mol. The zero-order valence-electron chi connectivity index (χ0n) is 6.43. The van der Waals surface area contributed by atoms with Crippen molar-refractivity contribution in [2.24, 2.45) is 0 Å². The molecule has 0 bridgehead atoms. The second-order valence-corrected chi connectivity index (χ2v) is 0.250. The average Bonchev–Trinajstić information content (AvgIpc) is 0.811. The Morgan fingerprint density at radius 3 is 1.43 bits per heavy atom. The van der Waals surface area contributed by atoms with Gasteiger partial charge in [0.2, 0.25) is 0 Å². The van der Waals surface area contributed by atoms with E-state index in [-0.39, 0.29) is 89.0 Å². The molecule has 3 nitrogen and oxygen atoms in total. The fraction of sp³-hybridized carbons (Fsp3) is 0. The van der Waals surface area contributed by atoms with Gasteiger partial charge in [0.05, 0.1) is 0 Å². The number of carboxylic acid groups (broad SMARTS) is 2. The Bertz CT molecular complexity index is 44.8. The van der Waals surface area contributed by atoms with Crippen LogP contribution in [0.4, 0.5) is 4.79 Å². The van der Waals surface area contributed by atoms with Crippen LogP contribution in [-0.2, 0) is 0 Å². The van der Waals surface area contributed by atoms with Gasteiger partial charge in [-0.05, 0) is 6.16 Å². The molecule has 7 heavy (non-hydrogen) atoms. The minimum Gasteiger partial charge on any atom is -1.00 e. The fourth-order valence-corrected chi connectivity index (χ4v) is 0. The first kappa shape index (κ1) is 22.9. The van der Waals surface area contributed by atoms with Crippen LogP contribution in [-0.4, -0.2) is 43.9 Å². The Hall–Kier alpha value is 2.13. The van der Waals surface area contributed by atoms with Crippen molar-refractivity contribution in [3.05, 3.63) is 0 Å². The molecule has 0 atom stereocenters. The van der Waals surface area contributed by atoms with Gasteiger partial charge >= 0.3 is 86.2 Å². The quantitative estimate of drug-likeness (QED) is 0.307. The van der Waals surface area contributed by atoms with Crippen LogP contribution in [0, 0.1) is 0 Å². The Labute approximate surface area is 108 Å². The van der Waals surface area contributed by atoms with Crippen molar-refractivity contribution in [3.8, 4) is 0 Å². The number of carbonyl (C=O) groups is 1. The molecule has 0 saturated heterocycles. The molecule has 6 heteroatoms. The monoisotopic (exact) mass is 132 g/mol. The zero-order valence-corrected chi connectivity index (χ0v) is 8.64. The van der Waals surface area contributed by atoms with Gasteiger partial charge in [-0.3, -0.25) is 0 Å². The first-order valence-electron chi connectivity index (χ1n) is 0.612.